The molecular weight excluding hydrogens is 253 g/mol. The van der Waals surface area contributed by atoms with E-state index in [0.29, 0.717) is 18.2 Å². The molecule has 0 bridgehead atoms. The van der Waals surface area contributed by atoms with E-state index in [2.05, 4.69) is 17.3 Å². The van der Waals surface area contributed by atoms with Crippen LogP contribution in [0.1, 0.15) is 35.4 Å². The fraction of sp³-hybridized carbons (Fsp3) is 0.438. The summed E-state index contributed by atoms with van der Waals surface area (Å²) in [5.41, 5.74) is 4.08. The third kappa shape index (κ3) is 2.75. The zero-order valence-electron chi connectivity index (χ0n) is 12.0. The third-order valence-corrected chi connectivity index (χ3v) is 3.95. The lowest BCUT2D eigenvalue weighted by Gasteiger charge is -2.07. The first-order valence-electron chi connectivity index (χ1n) is 7.15. The average molecular weight is 273 g/mol. The summed E-state index contributed by atoms with van der Waals surface area (Å²) in [6.45, 7) is 5.43. The van der Waals surface area contributed by atoms with Gasteiger partial charge in [0.2, 0.25) is 0 Å². The minimum atomic E-state index is -0.169. The van der Waals surface area contributed by atoms with E-state index in [0.717, 1.165) is 17.9 Å². The molecule has 4 heteroatoms. The number of hydrogen-bond acceptors (Lipinski definition) is 2. The van der Waals surface area contributed by atoms with Crippen molar-refractivity contribution in [3.05, 3.63) is 52.6 Å². The Kier molecular flexibility index (Phi) is 3.57. The minimum Gasteiger partial charge on any atom is -0.310 e. The molecule has 1 saturated carbocycles. The van der Waals surface area contributed by atoms with E-state index in [1.807, 2.05) is 23.7 Å². The number of aromatic nitrogens is 2. The van der Waals surface area contributed by atoms with Gasteiger partial charge in [0.1, 0.15) is 5.82 Å². The van der Waals surface area contributed by atoms with Gasteiger partial charge in [0.05, 0.1) is 12.2 Å². The Morgan fingerprint density at radius 3 is 2.75 bits per heavy atom. The van der Waals surface area contributed by atoms with E-state index in [9.17, 15) is 4.39 Å². The van der Waals surface area contributed by atoms with Gasteiger partial charge in [-0.1, -0.05) is 18.2 Å². The first kappa shape index (κ1) is 13.3. The summed E-state index contributed by atoms with van der Waals surface area (Å²) in [6.07, 6.45) is 2.56. The maximum Gasteiger partial charge on any atom is 0.128 e. The zero-order chi connectivity index (χ0) is 14.1. The predicted molar refractivity (Wildman–Crippen MR) is 77.1 cm³/mol. The highest BCUT2D eigenvalue weighted by Gasteiger charge is 2.21. The van der Waals surface area contributed by atoms with Crippen LogP contribution in [0.25, 0.3) is 0 Å². The first-order valence-corrected chi connectivity index (χ1v) is 7.15. The van der Waals surface area contributed by atoms with Crippen LogP contribution in [0, 0.1) is 19.7 Å². The molecule has 106 valence electrons. The molecular formula is C16H20FN3. The molecule has 3 rings (SSSR count). The second-order valence-corrected chi connectivity index (χ2v) is 5.55. The van der Waals surface area contributed by atoms with E-state index in [-0.39, 0.29) is 5.82 Å². The van der Waals surface area contributed by atoms with Gasteiger partial charge < -0.3 is 5.32 Å². The quantitative estimate of drug-likeness (QED) is 0.907. The molecule has 1 aliphatic carbocycles. The van der Waals surface area contributed by atoms with E-state index in [4.69, 9.17) is 0 Å². The van der Waals surface area contributed by atoms with Crippen LogP contribution >= 0.6 is 0 Å². The standard InChI is InChI=1S/C16H20FN3/c1-11-15(9-18-14-7-8-14)12(2)20(19-11)10-13-5-3-4-6-16(13)17/h3-6,14,18H,7-10H2,1-2H3. The van der Waals surface area contributed by atoms with E-state index >= 15 is 0 Å². The zero-order valence-corrected chi connectivity index (χ0v) is 12.0. The fourth-order valence-corrected chi connectivity index (χ4v) is 2.47. The van der Waals surface area contributed by atoms with Crippen molar-refractivity contribution in [1.82, 2.24) is 15.1 Å². The Morgan fingerprint density at radius 2 is 2.05 bits per heavy atom. The number of benzene rings is 1. The highest BCUT2D eigenvalue weighted by atomic mass is 19.1. The van der Waals surface area contributed by atoms with Crippen LogP contribution in [-0.2, 0) is 13.1 Å². The SMILES string of the molecule is Cc1nn(Cc2ccccc2F)c(C)c1CNC1CC1. The van der Waals surface area contributed by atoms with Gasteiger partial charge in [-0.3, -0.25) is 4.68 Å². The molecule has 0 spiro atoms. The second-order valence-electron chi connectivity index (χ2n) is 5.55. The maximum absolute atomic E-state index is 13.7. The van der Waals surface area contributed by atoms with Crippen molar-refractivity contribution in [2.24, 2.45) is 0 Å². The average Bonchev–Trinajstić information content (AvgIpc) is 3.20. The van der Waals surface area contributed by atoms with Crippen molar-refractivity contribution in [3.8, 4) is 0 Å². The lowest BCUT2D eigenvalue weighted by atomic mass is 10.2. The molecule has 2 aromatic rings. The van der Waals surface area contributed by atoms with Crippen molar-refractivity contribution in [1.29, 1.82) is 0 Å². The Bertz CT molecular complexity index is 614. The summed E-state index contributed by atoms with van der Waals surface area (Å²) >= 11 is 0. The molecule has 1 N–H and O–H groups in total. The Morgan fingerprint density at radius 1 is 1.30 bits per heavy atom. The van der Waals surface area contributed by atoms with E-state index in [1.165, 1.54) is 24.5 Å². The van der Waals surface area contributed by atoms with Gasteiger partial charge in [-0.15, -0.1) is 0 Å². The number of nitrogens with zero attached hydrogens (tertiary/aromatic N) is 2. The molecule has 0 aliphatic heterocycles. The molecule has 1 aliphatic rings. The number of halogens is 1. The number of aryl methyl sites for hydroxylation is 1. The Labute approximate surface area is 118 Å². The first-order chi connectivity index (χ1) is 9.65. The van der Waals surface area contributed by atoms with E-state index in [1.54, 1.807) is 6.07 Å². The molecule has 0 saturated heterocycles. The Balaban J connectivity index is 1.79. The lowest BCUT2D eigenvalue weighted by Crippen LogP contribution is -2.16. The summed E-state index contributed by atoms with van der Waals surface area (Å²) in [7, 11) is 0. The summed E-state index contributed by atoms with van der Waals surface area (Å²) in [5, 5.41) is 8.07. The summed E-state index contributed by atoms with van der Waals surface area (Å²) < 4.78 is 15.6. The van der Waals surface area contributed by atoms with Gasteiger partial charge in [-0.05, 0) is 32.8 Å². The number of rotatable bonds is 5. The van der Waals surface area contributed by atoms with Crippen LogP contribution < -0.4 is 5.32 Å². The van der Waals surface area contributed by atoms with Crippen molar-refractivity contribution in [2.45, 2.75) is 45.8 Å². The smallest absolute Gasteiger partial charge is 0.128 e. The van der Waals surface area contributed by atoms with Crippen molar-refractivity contribution < 1.29 is 4.39 Å². The van der Waals surface area contributed by atoms with Gasteiger partial charge in [-0.25, -0.2) is 4.39 Å². The third-order valence-electron chi connectivity index (χ3n) is 3.95. The molecule has 0 atom stereocenters. The van der Waals surface area contributed by atoms with Gasteiger partial charge in [0.25, 0.3) is 0 Å². The van der Waals surface area contributed by atoms with Gasteiger partial charge in [-0.2, -0.15) is 5.10 Å². The van der Waals surface area contributed by atoms with Crippen LogP contribution in [0.3, 0.4) is 0 Å². The molecule has 1 aromatic heterocycles. The molecule has 0 amide bonds. The highest BCUT2D eigenvalue weighted by Crippen LogP contribution is 2.21. The molecule has 1 fully saturated rings. The number of nitrogens with one attached hydrogen (secondary N) is 1. The minimum absolute atomic E-state index is 0.169. The van der Waals surface area contributed by atoms with Crippen molar-refractivity contribution in [2.75, 3.05) is 0 Å². The normalized spacial score (nSPS) is 14.8. The van der Waals surface area contributed by atoms with Gasteiger partial charge >= 0.3 is 0 Å². The van der Waals surface area contributed by atoms with Gasteiger partial charge in [0, 0.05) is 29.4 Å². The molecule has 1 heterocycles. The van der Waals surface area contributed by atoms with Crippen molar-refractivity contribution in [3.63, 3.8) is 0 Å². The van der Waals surface area contributed by atoms with Crippen LogP contribution in [-0.4, -0.2) is 15.8 Å². The summed E-state index contributed by atoms with van der Waals surface area (Å²) in [5.74, 6) is -0.169. The number of hydrogen-bond donors (Lipinski definition) is 1. The predicted octanol–water partition coefficient (Wildman–Crippen LogP) is 2.94. The summed E-state index contributed by atoms with van der Waals surface area (Å²) in [6, 6.07) is 7.57. The highest BCUT2D eigenvalue weighted by molar-refractivity contribution is 5.26. The molecule has 20 heavy (non-hydrogen) atoms. The molecule has 0 unspecified atom stereocenters. The maximum atomic E-state index is 13.7. The second kappa shape index (κ2) is 5.37. The summed E-state index contributed by atoms with van der Waals surface area (Å²) in [4.78, 5) is 0. The van der Waals surface area contributed by atoms with E-state index < -0.39 is 0 Å². The van der Waals surface area contributed by atoms with Crippen LogP contribution in [0.5, 0.6) is 0 Å². The van der Waals surface area contributed by atoms with Crippen molar-refractivity contribution >= 4 is 0 Å². The molecule has 1 aromatic carbocycles. The monoisotopic (exact) mass is 273 g/mol. The van der Waals surface area contributed by atoms with Crippen LogP contribution in [0.2, 0.25) is 0 Å². The molecule has 3 nitrogen and oxygen atoms in total. The Hall–Kier alpha value is -1.68. The topological polar surface area (TPSA) is 29.9 Å². The van der Waals surface area contributed by atoms with Gasteiger partial charge in [0.15, 0.2) is 0 Å². The molecule has 0 radical (unpaired) electrons. The fourth-order valence-electron chi connectivity index (χ4n) is 2.47. The largest absolute Gasteiger partial charge is 0.310 e. The van der Waals surface area contributed by atoms with Crippen LogP contribution in [0.15, 0.2) is 24.3 Å². The lowest BCUT2D eigenvalue weighted by molar-refractivity contribution is 0.578. The van der Waals surface area contributed by atoms with Crippen LogP contribution in [0.4, 0.5) is 4.39 Å².